The van der Waals surface area contributed by atoms with Crippen LogP contribution in [0, 0.1) is 13.8 Å². The van der Waals surface area contributed by atoms with E-state index in [-0.39, 0.29) is 17.5 Å². The molecule has 1 heterocycles. The van der Waals surface area contributed by atoms with E-state index in [1.165, 1.54) is 29.8 Å². The molecule has 8 nitrogen and oxygen atoms in total. The third-order valence-corrected chi connectivity index (χ3v) is 5.79. The van der Waals surface area contributed by atoms with Gasteiger partial charge in [-0.1, -0.05) is 26.0 Å². The lowest BCUT2D eigenvalue weighted by atomic mass is 9.97. The number of benzene rings is 2. The summed E-state index contributed by atoms with van der Waals surface area (Å²) in [6.07, 6.45) is 1.47. The average molecular weight is 474 g/mol. The van der Waals surface area contributed by atoms with E-state index in [9.17, 15) is 14.4 Å². The van der Waals surface area contributed by atoms with Gasteiger partial charge in [-0.15, -0.1) is 0 Å². The highest BCUT2D eigenvalue weighted by atomic mass is 16.2. The lowest BCUT2D eigenvalue weighted by molar-refractivity contribution is 0.0957. The summed E-state index contributed by atoms with van der Waals surface area (Å²) in [5.74, 6) is -0.206. The van der Waals surface area contributed by atoms with E-state index in [4.69, 9.17) is 0 Å². The van der Waals surface area contributed by atoms with Gasteiger partial charge >= 0.3 is 6.03 Å². The van der Waals surface area contributed by atoms with Crippen molar-refractivity contribution in [3.05, 3.63) is 82.7 Å². The average Bonchev–Trinajstić information content (AvgIpc) is 2.84. The Balaban J connectivity index is 1.75. The summed E-state index contributed by atoms with van der Waals surface area (Å²) in [6.45, 7) is 8.15. The molecule has 0 bridgehead atoms. The van der Waals surface area contributed by atoms with Crippen LogP contribution in [0.25, 0.3) is 0 Å². The van der Waals surface area contributed by atoms with E-state index in [1.807, 2.05) is 32.0 Å². The molecular weight excluding hydrogens is 442 g/mol. The highest BCUT2D eigenvalue weighted by Gasteiger charge is 2.16. The van der Waals surface area contributed by atoms with Crippen LogP contribution in [0.4, 0.5) is 21.9 Å². The zero-order valence-corrected chi connectivity index (χ0v) is 20.9. The van der Waals surface area contributed by atoms with Gasteiger partial charge in [0.1, 0.15) is 5.69 Å². The number of nitrogens with one attached hydrogen (secondary N) is 3. The maximum atomic E-state index is 12.9. The monoisotopic (exact) mass is 473 g/mol. The van der Waals surface area contributed by atoms with E-state index >= 15 is 0 Å². The molecule has 2 aromatic carbocycles. The van der Waals surface area contributed by atoms with Crippen molar-refractivity contribution in [2.45, 2.75) is 33.6 Å². The van der Waals surface area contributed by atoms with Gasteiger partial charge in [-0.25, -0.2) is 4.79 Å². The predicted octanol–water partition coefficient (Wildman–Crippen LogP) is 5.10. The Morgan fingerprint density at radius 2 is 1.63 bits per heavy atom. The van der Waals surface area contributed by atoms with Gasteiger partial charge in [0, 0.05) is 42.9 Å². The van der Waals surface area contributed by atoms with Crippen LogP contribution in [0.15, 0.2) is 54.7 Å². The normalized spacial score (nSPS) is 10.6. The number of hydrogen-bond acceptors (Lipinski definition) is 4. The number of hydrogen-bond donors (Lipinski definition) is 3. The number of pyridine rings is 1. The first-order valence-electron chi connectivity index (χ1n) is 11.4. The third-order valence-electron chi connectivity index (χ3n) is 5.79. The summed E-state index contributed by atoms with van der Waals surface area (Å²) < 4.78 is 0. The SMILES string of the molecule is CNC(=O)c1cc(N(C)C(=O)Nc2cc(C(=O)Nc3ccc(C(C)C)c(C)c3)ccc2C)ccn1. The van der Waals surface area contributed by atoms with Gasteiger partial charge in [-0.3, -0.25) is 19.5 Å². The zero-order valence-electron chi connectivity index (χ0n) is 20.9. The molecule has 35 heavy (non-hydrogen) atoms. The summed E-state index contributed by atoms with van der Waals surface area (Å²) >= 11 is 0. The number of nitrogens with zero attached hydrogens (tertiary/aromatic N) is 2. The molecule has 3 rings (SSSR count). The van der Waals surface area contributed by atoms with Crippen LogP contribution in [0.2, 0.25) is 0 Å². The molecule has 0 atom stereocenters. The van der Waals surface area contributed by atoms with Gasteiger partial charge in [0.15, 0.2) is 0 Å². The first-order chi connectivity index (χ1) is 16.6. The van der Waals surface area contributed by atoms with Gasteiger partial charge in [0.25, 0.3) is 11.8 Å². The Bertz CT molecular complexity index is 1270. The highest BCUT2D eigenvalue weighted by Crippen LogP contribution is 2.24. The number of amides is 4. The van der Waals surface area contributed by atoms with Crippen molar-refractivity contribution >= 4 is 34.9 Å². The molecule has 0 fully saturated rings. The maximum Gasteiger partial charge on any atom is 0.326 e. The number of aromatic nitrogens is 1. The third kappa shape index (κ3) is 6.03. The van der Waals surface area contributed by atoms with Gasteiger partial charge in [0.2, 0.25) is 0 Å². The fourth-order valence-corrected chi connectivity index (χ4v) is 3.70. The molecule has 0 aliphatic carbocycles. The molecule has 0 saturated carbocycles. The van der Waals surface area contributed by atoms with Crippen molar-refractivity contribution in [1.29, 1.82) is 0 Å². The van der Waals surface area contributed by atoms with Crippen molar-refractivity contribution in [3.8, 4) is 0 Å². The van der Waals surface area contributed by atoms with Crippen molar-refractivity contribution in [3.63, 3.8) is 0 Å². The summed E-state index contributed by atoms with van der Waals surface area (Å²) in [6, 6.07) is 13.8. The van der Waals surface area contributed by atoms with Crippen molar-refractivity contribution in [2.24, 2.45) is 0 Å². The topological polar surface area (TPSA) is 103 Å². The van der Waals surface area contributed by atoms with Crippen LogP contribution >= 0.6 is 0 Å². The molecule has 4 amide bonds. The molecule has 0 radical (unpaired) electrons. The number of rotatable bonds is 6. The second-order valence-corrected chi connectivity index (χ2v) is 8.68. The Labute approximate surface area is 205 Å². The first kappa shape index (κ1) is 25.4. The highest BCUT2D eigenvalue weighted by molar-refractivity contribution is 6.07. The molecule has 0 saturated heterocycles. The molecule has 0 spiro atoms. The second kappa shape index (κ2) is 10.8. The second-order valence-electron chi connectivity index (χ2n) is 8.68. The quantitative estimate of drug-likeness (QED) is 0.463. The molecule has 0 aliphatic heterocycles. The molecular formula is C27H31N5O3. The smallest absolute Gasteiger partial charge is 0.326 e. The Morgan fingerprint density at radius 1 is 0.886 bits per heavy atom. The zero-order chi connectivity index (χ0) is 25.7. The van der Waals surface area contributed by atoms with E-state index in [0.717, 1.165) is 11.1 Å². The van der Waals surface area contributed by atoms with Crippen LogP contribution in [0.3, 0.4) is 0 Å². The van der Waals surface area contributed by atoms with Gasteiger partial charge in [0.05, 0.1) is 0 Å². The van der Waals surface area contributed by atoms with E-state index < -0.39 is 6.03 Å². The summed E-state index contributed by atoms with van der Waals surface area (Å²) in [7, 11) is 3.11. The Hall–Kier alpha value is -4.20. The number of aryl methyl sites for hydroxylation is 2. The predicted molar refractivity (Wildman–Crippen MR) is 139 cm³/mol. The maximum absolute atomic E-state index is 12.9. The summed E-state index contributed by atoms with van der Waals surface area (Å²) in [4.78, 5) is 43.1. The molecule has 8 heteroatoms. The van der Waals surface area contributed by atoms with Gasteiger partial charge in [-0.2, -0.15) is 0 Å². The largest absolute Gasteiger partial charge is 0.354 e. The van der Waals surface area contributed by atoms with Crippen LogP contribution in [0.1, 0.15) is 57.3 Å². The fourth-order valence-electron chi connectivity index (χ4n) is 3.70. The van der Waals surface area contributed by atoms with Crippen molar-refractivity contribution < 1.29 is 14.4 Å². The lowest BCUT2D eigenvalue weighted by Gasteiger charge is -2.19. The van der Waals surface area contributed by atoms with Crippen LogP contribution < -0.4 is 20.9 Å². The number of urea groups is 1. The minimum Gasteiger partial charge on any atom is -0.354 e. The van der Waals surface area contributed by atoms with E-state index in [1.54, 1.807) is 31.3 Å². The molecule has 1 aromatic heterocycles. The minimum absolute atomic E-state index is 0.205. The van der Waals surface area contributed by atoms with Gasteiger partial charge in [-0.05, 0) is 72.9 Å². The van der Waals surface area contributed by atoms with E-state index in [2.05, 4.69) is 34.8 Å². The summed E-state index contributed by atoms with van der Waals surface area (Å²) in [5.41, 5.74) is 5.52. The molecule has 182 valence electrons. The Morgan fingerprint density at radius 3 is 2.29 bits per heavy atom. The van der Waals surface area contributed by atoms with Crippen molar-refractivity contribution in [2.75, 3.05) is 29.6 Å². The van der Waals surface area contributed by atoms with Crippen molar-refractivity contribution in [1.82, 2.24) is 10.3 Å². The number of carbonyl (C=O) groups is 3. The molecule has 3 N–H and O–H groups in total. The minimum atomic E-state index is -0.417. The standard InChI is InChI=1S/C27H31N5O3/c1-16(2)22-10-9-20(13-18(22)4)30-25(33)19-8-7-17(3)23(14-19)31-27(35)32(6)21-11-12-29-24(15-21)26(34)28-5/h7-16H,1-6H3,(H,28,34)(H,30,33)(H,31,35). The molecule has 0 aliphatic rings. The first-order valence-corrected chi connectivity index (χ1v) is 11.4. The van der Waals surface area contributed by atoms with Crippen LogP contribution in [-0.2, 0) is 0 Å². The van der Waals surface area contributed by atoms with Gasteiger partial charge < -0.3 is 16.0 Å². The van der Waals surface area contributed by atoms with Crippen LogP contribution in [0.5, 0.6) is 0 Å². The van der Waals surface area contributed by atoms with E-state index in [0.29, 0.717) is 28.5 Å². The molecule has 3 aromatic rings. The number of anilines is 3. The Kier molecular flexibility index (Phi) is 7.86. The van der Waals surface area contributed by atoms with Crippen LogP contribution in [-0.4, -0.2) is 36.9 Å². The fraction of sp³-hybridized carbons (Fsp3) is 0.259. The number of carbonyl (C=O) groups excluding carboxylic acids is 3. The summed E-state index contributed by atoms with van der Waals surface area (Å²) in [5, 5.41) is 8.28. The lowest BCUT2D eigenvalue weighted by Crippen LogP contribution is -2.32. The molecule has 0 unspecified atom stereocenters.